The van der Waals surface area contributed by atoms with E-state index in [0.29, 0.717) is 36.8 Å². The third-order valence-electron chi connectivity index (χ3n) is 4.45. The Morgan fingerprint density at radius 3 is 2.48 bits per heavy atom. The van der Waals surface area contributed by atoms with Gasteiger partial charge in [0.15, 0.2) is 0 Å². The number of piperidine rings is 1. The van der Waals surface area contributed by atoms with Gasteiger partial charge in [0.25, 0.3) is 5.91 Å². The number of carbonyl (C=O) groups excluding carboxylic acids is 2. The van der Waals surface area contributed by atoms with Crippen molar-refractivity contribution < 1.29 is 14.3 Å². The van der Waals surface area contributed by atoms with Crippen molar-refractivity contribution in [2.75, 3.05) is 26.7 Å². The minimum atomic E-state index is -0.540. The zero-order chi connectivity index (χ0) is 20.4. The highest BCUT2D eigenvalue weighted by atomic mass is 35.5. The Morgan fingerprint density at radius 2 is 1.96 bits per heavy atom. The maximum Gasteiger partial charge on any atom is 0.410 e. The van der Waals surface area contributed by atoms with E-state index in [-0.39, 0.29) is 34.7 Å². The van der Waals surface area contributed by atoms with Gasteiger partial charge < -0.3 is 25.3 Å². The molecule has 9 heteroatoms. The number of ether oxygens (including phenoxy) is 1. The highest BCUT2D eigenvalue weighted by molar-refractivity contribution is 6.44. The van der Waals surface area contributed by atoms with Crippen LogP contribution in [0, 0.1) is 12.8 Å². The van der Waals surface area contributed by atoms with E-state index in [4.69, 9.17) is 27.9 Å². The Hall–Kier alpha value is -1.44. The second kappa shape index (κ2) is 8.71. The number of carbonyl (C=O) groups is 2. The van der Waals surface area contributed by atoms with Crippen molar-refractivity contribution in [1.29, 1.82) is 0 Å². The van der Waals surface area contributed by atoms with Gasteiger partial charge in [0.05, 0.1) is 10.0 Å². The van der Waals surface area contributed by atoms with E-state index in [1.807, 2.05) is 27.8 Å². The topological polar surface area (TPSA) is 86.5 Å². The fourth-order valence-electron chi connectivity index (χ4n) is 3.15. The van der Waals surface area contributed by atoms with E-state index in [0.717, 1.165) is 0 Å². The number of nitrogens with one attached hydrogen (secondary N) is 3. The summed E-state index contributed by atoms with van der Waals surface area (Å²) in [6.07, 6.45) is 0.297. The predicted molar refractivity (Wildman–Crippen MR) is 107 cm³/mol. The van der Waals surface area contributed by atoms with Crippen molar-refractivity contribution >= 4 is 35.2 Å². The molecular formula is C18H28Cl2N4O3. The summed E-state index contributed by atoms with van der Waals surface area (Å²) in [7, 11) is 1.84. The largest absolute Gasteiger partial charge is 0.444 e. The number of nitrogens with zero attached hydrogens (tertiary/aromatic N) is 1. The molecule has 1 saturated heterocycles. The molecule has 27 heavy (non-hydrogen) atoms. The number of aromatic amines is 1. The summed E-state index contributed by atoms with van der Waals surface area (Å²) in [4.78, 5) is 29.6. The molecule has 152 valence electrons. The van der Waals surface area contributed by atoms with Crippen molar-refractivity contribution in [3.8, 4) is 0 Å². The standard InChI is InChI=1S/C18H28Cl2N4O3/c1-10-13(19)14(20)15(22-10)16(25)23-12-6-7-24(9-11(12)8-21-5)17(26)27-18(2,3)4/h11-12,21-22H,6-9H2,1-5H3,(H,23,25)/t11-,12+/m0/s1. The van der Waals surface area contributed by atoms with Gasteiger partial charge in [0, 0.05) is 37.3 Å². The number of halogens is 2. The molecule has 2 heterocycles. The van der Waals surface area contributed by atoms with Crippen LogP contribution >= 0.6 is 23.2 Å². The Bertz CT molecular complexity index is 700. The van der Waals surface area contributed by atoms with Gasteiger partial charge in [-0.3, -0.25) is 4.79 Å². The van der Waals surface area contributed by atoms with Crippen molar-refractivity contribution in [3.63, 3.8) is 0 Å². The highest BCUT2D eigenvalue weighted by Gasteiger charge is 2.34. The molecule has 1 fully saturated rings. The van der Waals surface area contributed by atoms with Gasteiger partial charge in [0.2, 0.25) is 0 Å². The van der Waals surface area contributed by atoms with Crippen LogP contribution in [0.25, 0.3) is 0 Å². The molecule has 0 bridgehead atoms. The molecular weight excluding hydrogens is 391 g/mol. The zero-order valence-electron chi connectivity index (χ0n) is 16.4. The third kappa shape index (κ3) is 5.53. The maximum atomic E-state index is 12.6. The number of aromatic nitrogens is 1. The van der Waals surface area contributed by atoms with Gasteiger partial charge in [-0.1, -0.05) is 23.2 Å². The molecule has 2 rings (SSSR count). The molecule has 2 atom stereocenters. The minimum absolute atomic E-state index is 0.0468. The first-order valence-corrected chi connectivity index (χ1v) is 9.76. The number of rotatable bonds is 4. The van der Waals surface area contributed by atoms with Crippen LogP contribution in [0.1, 0.15) is 43.4 Å². The zero-order valence-corrected chi connectivity index (χ0v) is 17.9. The smallest absolute Gasteiger partial charge is 0.410 e. The Balaban J connectivity index is 2.06. The molecule has 1 aliphatic heterocycles. The van der Waals surface area contributed by atoms with Crippen LogP contribution in [-0.4, -0.2) is 60.2 Å². The van der Waals surface area contributed by atoms with Gasteiger partial charge >= 0.3 is 6.09 Å². The van der Waals surface area contributed by atoms with Gasteiger partial charge in [-0.15, -0.1) is 0 Å². The predicted octanol–water partition coefficient (Wildman–Crippen LogP) is 3.20. The average Bonchev–Trinajstić information content (AvgIpc) is 2.82. The van der Waals surface area contributed by atoms with E-state index in [1.54, 1.807) is 11.8 Å². The molecule has 2 amide bonds. The van der Waals surface area contributed by atoms with Crippen molar-refractivity contribution in [3.05, 3.63) is 21.4 Å². The highest BCUT2D eigenvalue weighted by Crippen LogP contribution is 2.29. The molecule has 1 aromatic rings. The monoisotopic (exact) mass is 418 g/mol. The van der Waals surface area contributed by atoms with Crippen molar-refractivity contribution in [2.24, 2.45) is 5.92 Å². The number of amides is 2. The van der Waals surface area contributed by atoms with Gasteiger partial charge in [0.1, 0.15) is 11.3 Å². The number of hydrogen-bond acceptors (Lipinski definition) is 4. The molecule has 0 aromatic carbocycles. The summed E-state index contributed by atoms with van der Waals surface area (Å²) >= 11 is 12.2. The number of aryl methyl sites for hydroxylation is 1. The van der Waals surface area contributed by atoms with Gasteiger partial charge in [-0.2, -0.15) is 0 Å². The second-order valence-corrected chi connectivity index (χ2v) is 8.62. The van der Waals surface area contributed by atoms with Crippen LogP contribution in [0.15, 0.2) is 0 Å². The molecule has 1 aromatic heterocycles. The number of H-pyrrole nitrogens is 1. The van der Waals surface area contributed by atoms with Crippen LogP contribution in [0.2, 0.25) is 10.0 Å². The molecule has 0 saturated carbocycles. The van der Waals surface area contributed by atoms with Gasteiger partial charge in [-0.05, 0) is 41.2 Å². The Morgan fingerprint density at radius 1 is 1.30 bits per heavy atom. The second-order valence-electron chi connectivity index (χ2n) is 7.87. The SMILES string of the molecule is CNC[C@H]1CN(C(=O)OC(C)(C)C)CC[C@H]1NC(=O)c1[nH]c(C)c(Cl)c1Cl. The molecule has 0 radical (unpaired) electrons. The summed E-state index contributed by atoms with van der Waals surface area (Å²) in [6.45, 7) is 8.95. The van der Waals surface area contributed by atoms with Crippen LogP contribution in [0.3, 0.4) is 0 Å². The van der Waals surface area contributed by atoms with Crippen molar-refractivity contribution in [2.45, 2.75) is 45.8 Å². The molecule has 0 unspecified atom stereocenters. The summed E-state index contributed by atoms with van der Waals surface area (Å²) in [5.74, 6) is -0.252. The van der Waals surface area contributed by atoms with Crippen LogP contribution in [0.5, 0.6) is 0 Å². The van der Waals surface area contributed by atoms with E-state index < -0.39 is 5.60 Å². The molecule has 1 aliphatic rings. The summed E-state index contributed by atoms with van der Waals surface area (Å²) < 4.78 is 5.46. The number of hydrogen-bond donors (Lipinski definition) is 3. The first-order valence-electron chi connectivity index (χ1n) is 9.00. The first-order chi connectivity index (χ1) is 12.5. The number of likely N-dealkylation sites (tertiary alicyclic amines) is 1. The minimum Gasteiger partial charge on any atom is -0.444 e. The molecule has 0 spiro atoms. The van der Waals surface area contributed by atoms with Crippen LogP contribution < -0.4 is 10.6 Å². The van der Waals surface area contributed by atoms with E-state index in [2.05, 4.69) is 15.6 Å². The summed E-state index contributed by atoms with van der Waals surface area (Å²) in [5.41, 5.74) is 0.373. The van der Waals surface area contributed by atoms with Crippen LogP contribution in [0.4, 0.5) is 4.79 Å². The van der Waals surface area contributed by atoms with E-state index in [1.165, 1.54) is 0 Å². The van der Waals surface area contributed by atoms with Gasteiger partial charge in [-0.25, -0.2) is 4.79 Å². The molecule has 3 N–H and O–H groups in total. The normalized spacial score (nSPS) is 20.5. The first kappa shape index (κ1) is 21.9. The molecule has 0 aliphatic carbocycles. The quantitative estimate of drug-likeness (QED) is 0.700. The Labute approximate surface area is 170 Å². The lowest BCUT2D eigenvalue weighted by molar-refractivity contribution is 0.0135. The Kier molecular flexibility index (Phi) is 7.05. The van der Waals surface area contributed by atoms with Crippen LogP contribution in [-0.2, 0) is 4.74 Å². The fourth-order valence-corrected chi connectivity index (χ4v) is 3.57. The maximum absolute atomic E-state index is 12.6. The molecule has 7 nitrogen and oxygen atoms in total. The van der Waals surface area contributed by atoms with Crippen molar-refractivity contribution in [1.82, 2.24) is 20.5 Å². The summed E-state index contributed by atoms with van der Waals surface area (Å²) in [5, 5.41) is 6.73. The third-order valence-corrected chi connectivity index (χ3v) is 5.40. The lowest BCUT2D eigenvalue weighted by Crippen LogP contribution is -2.55. The summed E-state index contributed by atoms with van der Waals surface area (Å²) in [6, 6.07) is -0.0953. The fraction of sp³-hybridized carbons (Fsp3) is 0.667. The van der Waals surface area contributed by atoms with E-state index in [9.17, 15) is 9.59 Å². The average molecular weight is 419 g/mol. The van der Waals surface area contributed by atoms with E-state index >= 15 is 0 Å². The lowest BCUT2D eigenvalue weighted by atomic mass is 9.92. The lowest BCUT2D eigenvalue weighted by Gasteiger charge is -2.39.